The molecular formula is C14H18BrClN2O4. The minimum Gasteiger partial charge on any atom is -0.492 e. The highest BCUT2D eigenvalue weighted by Crippen LogP contribution is 2.27. The second kappa shape index (κ2) is 10.3. The molecule has 122 valence electrons. The van der Waals surface area contributed by atoms with Crippen molar-refractivity contribution in [3.05, 3.63) is 27.7 Å². The van der Waals surface area contributed by atoms with E-state index in [1.807, 2.05) is 6.07 Å². The molecule has 1 aromatic rings. The van der Waals surface area contributed by atoms with Crippen molar-refractivity contribution < 1.29 is 19.4 Å². The number of carbonyl (C=O) groups is 2. The second-order valence-corrected chi connectivity index (χ2v) is 5.78. The summed E-state index contributed by atoms with van der Waals surface area (Å²) in [6, 6.07) is 5.05. The van der Waals surface area contributed by atoms with Gasteiger partial charge >= 0.3 is 12.0 Å². The van der Waals surface area contributed by atoms with Crippen molar-refractivity contribution in [2.45, 2.75) is 19.3 Å². The monoisotopic (exact) mass is 392 g/mol. The number of carbonyl (C=O) groups excluding carboxylic acids is 1. The van der Waals surface area contributed by atoms with Gasteiger partial charge in [-0.05, 0) is 31.0 Å². The quantitative estimate of drug-likeness (QED) is 0.563. The molecule has 0 aromatic heterocycles. The first-order chi connectivity index (χ1) is 10.5. The Balaban J connectivity index is 2.07. The first-order valence-electron chi connectivity index (χ1n) is 6.80. The number of urea groups is 1. The fourth-order valence-corrected chi connectivity index (χ4v) is 2.28. The molecular weight excluding hydrogens is 376 g/mol. The smallest absolute Gasteiger partial charge is 0.314 e. The molecule has 0 saturated heterocycles. The fraction of sp³-hybridized carbons (Fsp3) is 0.429. The van der Waals surface area contributed by atoms with Crippen LogP contribution in [0.1, 0.15) is 19.3 Å². The number of halogens is 2. The van der Waals surface area contributed by atoms with Gasteiger partial charge in [-0.2, -0.15) is 0 Å². The molecule has 0 bridgehead atoms. The van der Waals surface area contributed by atoms with Crippen LogP contribution in [0.4, 0.5) is 4.79 Å². The van der Waals surface area contributed by atoms with E-state index in [9.17, 15) is 9.59 Å². The molecule has 1 rings (SSSR count). The third-order valence-corrected chi connectivity index (χ3v) is 3.40. The van der Waals surface area contributed by atoms with Crippen LogP contribution in [0, 0.1) is 0 Å². The Hall–Kier alpha value is -1.47. The average molecular weight is 394 g/mol. The van der Waals surface area contributed by atoms with E-state index in [0.29, 0.717) is 43.3 Å². The van der Waals surface area contributed by atoms with Crippen LogP contribution in [0.5, 0.6) is 5.75 Å². The maximum absolute atomic E-state index is 11.4. The van der Waals surface area contributed by atoms with Crippen LogP contribution < -0.4 is 15.4 Å². The highest BCUT2D eigenvalue weighted by molar-refractivity contribution is 9.10. The second-order valence-electron chi connectivity index (χ2n) is 4.46. The molecule has 0 aliphatic heterocycles. The highest BCUT2D eigenvalue weighted by Gasteiger charge is 2.03. The van der Waals surface area contributed by atoms with Crippen LogP contribution in [-0.4, -0.2) is 36.8 Å². The van der Waals surface area contributed by atoms with Crippen molar-refractivity contribution in [3.63, 3.8) is 0 Å². The zero-order chi connectivity index (χ0) is 16.4. The van der Waals surface area contributed by atoms with E-state index in [0.717, 1.165) is 4.47 Å². The Bertz CT molecular complexity index is 514. The van der Waals surface area contributed by atoms with Gasteiger partial charge in [-0.3, -0.25) is 4.79 Å². The zero-order valence-corrected chi connectivity index (χ0v) is 14.2. The van der Waals surface area contributed by atoms with Gasteiger partial charge in [0.25, 0.3) is 0 Å². The van der Waals surface area contributed by atoms with Crippen LogP contribution >= 0.6 is 27.5 Å². The van der Waals surface area contributed by atoms with E-state index in [1.54, 1.807) is 12.1 Å². The first kappa shape index (κ1) is 18.6. The Labute approximate surface area is 142 Å². The molecule has 0 radical (unpaired) electrons. The van der Waals surface area contributed by atoms with Gasteiger partial charge < -0.3 is 20.5 Å². The molecule has 6 nitrogen and oxygen atoms in total. The molecule has 0 atom stereocenters. The number of nitrogens with one attached hydrogen (secondary N) is 2. The molecule has 1 aromatic carbocycles. The van der Waals surface area contributed by atoms with Gasteiger partial charge in [0, 0.05) is 24.0 Å². The number of rotatable bonds is 9. The molecule has 0 unspecified atom stereocenters. The van der Waals surface area contributed by atoms with Crippen LogP contribution in [0.2, 0.25) is 5.02 Å². The summed E-state index contributed by atoms with van der Waals surface area (Å²) in [7, 11) is 0. The predicted octanol–water partition coefficient (Wildman–Crippen LogP) is 3.04. The molecule has 8 heteroatoms. The van der Waals surface area contributed by atoms with Crippen LogP contribution in [0.3, 0.4) is 0 Å². The van der Waals surface area contributed by atoms with Crippen molar-refractivity contribution in [2.75, 3.05) is 19.7 Å². The predicted molar refractivity (Wildman–Crippen MR) is 87.5 cm³/mol. The minimum atomic E-state index is -0.869. The van der Waals surface area contributed by atoms with Gasteiger partial charge in [-0.25, -0.2) is 4.79 Å². The Kier molecular flexibility index (Phi) is 8.69. The average Bonchev–Trinajstić information content (AvgIpc) is 2.45. The number of carboxylic acids is 1. The fourth-order valence-electron chi connectivity index (χ4n) is 1.55. The highest BCUT2D eigenvalue weighted by atomic mass is 79.9. The molecule has 0 spiro atoms. The lowest BCUT2D eigenvalue weighted by atomic mass is 10.3. The molecule has 3 N–H and O–H groups in total. The van der Waals surface area contributed by atoms with Gasteiger partial charge in [-0.1, -0.05) is 27.5 Å². The maximum Gasteiger partial charge on any atom is 0.314 e. The van der Waals surface area contributed by atoms with E-state index in [2.05, 4.69) is 26.6 Å². The number of benzene rings is 1. The summed E-state index contributed by atoms with van der Waals surface area (Å²) in [5, 5.41) is 14.2. The van der Waals surface area contributed by atoms with Crippen molar-refractivity contribution >= 4 is 39.5 Å². The van der Waals surface area contributed by atoms with Gasteiger partial charge in [0.2, 0.25) is 0 Å². The van der Waals surface area contributed by atoms with Crippen LogP contribution in [0.15, 0.2) is 22.7 Å². The van der Waals surface area contributed by atoms with Crippen molar-refractivity contribution in [1.82, 2.24) is 10.6 Å². The molecule has 0 heterocycles. The first-order valence-corrected chi connectivity index (χ1v) is 7.97. The largest absolute Gasteiger partial charge is 0.492 e. The summed E-state index contributed by atoms with van der Waals surface area (Å²) < 4.78 is 6.39. The number of hydrogen-bond donors (Lipinski definition) is 3. The summed E-state index contributed by atoms with van der Waals surface area (Å²) in [6.45, 7) is 1.22. The van der Waals surface area contributed by atoms with Crippen LogP contribution in [-0.2, 0) is 4.79 Å². The van der Waals surface area contributed by atoms with Gasteiger partial charge in [0.1, 0.15) is 5.75 Å². The molecule has 0 fully saturated rings. The van der Waals surface area contributed by atoms with E-state index >= 15 is 0 Å². The number of carboxylic acid groups (broad SMARTS) is 1. The standard InChI is InChI=1S/C14H18BrClN2O4/c15-10-4-5-12(11(16)9-10)22-8-2-7-18-14(21)17-6-1-3-13(19)20/h4-5,9H,1-3,6-8H2,(H,19,20)(H2,17,18,21). The molecule has 2 amide bonds. The Morgan fingerprint density at radius 2 is 1.91 bits per heavy atom. The zero-order valence-electron chi connectivity index (χ0n) is 11.9. The SMILES string of the molecule is O=C(O)CCCNC(=O)NCCCOc1ccc(Br)cc1Cl. The van der Waals surface area contributed by atoms with Crippen molar-refractivity contribution in [2.24, 2.45) is 0 Å². The molecule has 0 saturated carbocycles. The van der Waals surface area contributed by atoms with Crippen LogP contribution in [0.25, 0.3) is 0 Å². The van der Waals surface area contributed by atoms with Crippen molar-refractivity contribution in [3.8, 4) is 5.75 Å². The van der Waals surface area contributed by atoms with Gasteiger partial charge in [0.15, 0.2) is 0 Å². The molecule has 0 aliphatic rings. The minimum absolute atomic E-state index is 0.0437. The Morgan fingerprint density at radius 3 is 2.55 bits per heavy atom. The summed E-state index contributed by atoms with van der Waals surface area (Å²) in [5.41, 5.74) is 0. The number of ether oxygens (including phenoxy) is 1. The van der Waals surface area contributed by atoms with E-state index in [1.165, 1.54) is 0 Å². The number of hydrogen-bond acceptors (Lipinski definition) is 3. The topological polar surface area (TPSA) is 87.7 Å². The summed E-state index contributed by atoms with van der Waals surface area (Å²) in [4.78, 5) is 21.7. The normalized spacial score (nSPS) is 10.1. The van der Waals surface area contributed by atoms with Gasteiger partial charge in [-0.15, -0.1) is 0 Å². The lowest BCUT2D eigenvalue weighted by molar-refractivity contribution is -0.137. The summed E-state index contributed by atoms with van der Waals surface area (Å²) in [5.74, 6) is -0.269. The Morgan fingerprint density at radius 1 is 1.23 bits per heavy atom. The molecule has 22 heavy (non-hydrogen) atoms. The van der Waals surface area contributed by atoms with Gasteiger partial charge in [0.05, 0.1) is 11.6 Å². The lowest BCUT2D eigenvalue weighted by Crippen LogP contribution is -2.37. The van der Waals surface area contributed by atoms with E-state index < -0.39 is 5.97 Å². The summed E-state index contributed by atoms with van der Waals surface area (Å²) >= 11 is 9.32. The lowest BCUT2D eigenvalue weighted by Gasteiger charge is -2.09. The van der Waals surface area contributed by atoms with E-state index in [4.69, 9.17) is 21.4 Å². The van der Waals surface area contributed by atoms with Crippen molar-refractivity contribution in [1.29, 1.82) is 0 Å². The number of aliphatic carboxylic acids is 1. The third kappa shape index (κ3) is 8.09. The number of amides is 2. The molecule has 0 aliphatic carbocycles. The maximum atomic E-state index is 11.4. The third-order valence-electron chi connectivity index (χ3n) is 2.61. The van der Waals surface area contributed by atoms with E-state index in [-0.39, 0.29) is 12.5 Å². The summed E-state index contributed by atoms with van der Waals surface area (Å²) in [6.07, 6.45) is 1.09.